The molecule has 0 amide bonds. The highest BCUT2D eigenvalue weighted by Crippen LogP contribution is 2.40. The molecule has 128 valence electrons. The van der Waals surface area contributed by atoms with E-state index in [1.54, 1.807) is 24.3 Å². The maximum absolute atomic E-state index is 12.9. The summed E-state index contributed by atoms with van der Waals surface area (Å²) in [5.74, 6) is -1.43. The molecule has 0 heterocycles. The first-order valence-corrected chi connectivity index (χ1v) is 8.29. The van der Waals surface area contributed by atoms with Crippen molar-refractivity contribution in [2.45, 2.75) is 13.3 Å². The molecule has 3 aromatic carbocycles. The highest BCUT2D eigenvalue weighted by atomic mass is 16.3. The maximum atomic E-state index is 12.9. The Morgan fingerprint density at radius 1 is 0.808 bits per heavy atom. The van der Waals surface area contributed by atoms with Crippen molar-refractivity contribution in [3.8, 4) is 11.5 Å². The van der Waals surface area contributed by atoms with Crippen LogP contribution < -0.4 is 0 Å². The molecule has 0 bridgehead atoms. The fraction of sp³-hybridized carbons (Fsp3) is 0.0909. The molecule has 26 heavy (non-hydrogen) atoms. The molecule has 0 atom stereocenters. The quantitative estimate of drug-likeness (QED) is 0.543. The molecule has 0 unspecified atom stereocenters. The van der Waals surface area contributed by atoms with Crippen LogP contribution in [0.2, 0.25) is 0 Å². The second-order valence-electron chi connectivity index (χ2n) is 6.52. The Morgan fingerprint density at radius 3 is 2.00 bits per heavy atom. The predicted molar refractivity (Wildman–Crippen MR) is 97.1 cm³/mol. The first kappa shape index (κ1) is 16.1. The number of fused-ring (bicyclic) bond motifs is 2. The van der Waals surface area contributed by atoms with Crippen LogP contribution in [0.1, 0.15) is 48.5 Å². The largest absolute Gasteiger partial charge is 0.507 e. The molecule has 1 aliphatic rings. The van der Waals surface area contributed by atoms with Crippen LogP contribution in [0.15, 0.2) is 54.6 Å². The van der Waals surface area contributed by atoms with E-state index in [4.69, 9.17) is 0 Å². The van der Waals surface area contributed by atoms with Gasteiger partial charge in [0.1, 0.15) is 11.5 Å². The van der Waals surface area contributed by atoms with Crippen molar-refractivity contribution < 1.29 is 19.8 Å². The molecule has 0 aromatic heterocycles. The van der Waals surface area contributed by atoms with Gasteiger partial charge in [0.15, 0.2) is 11.6 Å². The van der Waals surface area contributed by atoms with Gasteiger partial charge >= 0.3 is 0 Å². The highest BCUT2D eigenvalue weighted by molar-refractivity contribution is 6.30. The summed E-state index contributed by atoms with van der Waals surface area (Å²) < 4.78 is 0. The summed E-state index contributed by atoms with van der Waals surface area (Å²) in [5.41, 5.74) is 2.70. The van der Waals surface area contributed by atoms with Crippen LogP contribution >= 0.6 is 0 Å². The van der Waals surface area contributed by atoms with Crippen LogP contribution in [0.5, 0.6) is 11.5 Å². The molecular formula is C22H16O4. The number of phenolic OH excluding ortho intramolecular Hbond substituents is 2. The van der Waals surface area contributed by atoms with E-state index >= 15 is 0 Å². The molecule has 4 rings (SSSR count). The second kappa shape index (κ2) is 5.85. The minimum atomic E-state index is -0.454. The van der Waals surface area contributed by atoms with Crippen LogP contribution in [0.25, 0.3) is 0 Å². The topological polar surface area (TPSA) is 74.6 Å². The van der Waals surface area contributed by atoms with E-state index in [1.807, 2.05) is 31.2 Å². The lowest BCUT2D eigenvalue weighted by Crippen LogP contribution is -2.21. The summed E-state index contributed by atoms with van der Waals surface area (Å²) in [6, 6.07) is 15.6. The smallest absolute Gasteiger partial charge is 0.198 e. The number of benzene rings is 3. The summed E-state index contributed by atoms with van der Waals surface area (Å²) in [4.78, 5) is 25.6. The standard InChI is InChI=1S/C22H16O4/c1-12-6-8-13(9-7-12)10-14-11-17(23)18-19(20(14)24)22(26)16-5-3-2-4-15(16)21(18)25/h2-9,11,23-24H,10H2,1H3. The van der Waals surface area contributed by atoms with Crippen LogP contribution in [0.3, 0.4) is 0 Å². The third-order valence-corrected chi connectivity index (χ3v) is 4.74. The van der Waals surface area contributed by atoms with Gasteiger partial charge in [-0.25, -0.2) is 0 Å². The van der Waals surface area contributed by atoms with Gasteiger partial charge in [0.25, 0.3) is 0 Å². The van der Waals surface area contributed by atoms with Gasteiger partial charge in [-0.15, -0.1) is 0 Å². The third kappa shape index (κ3) is 2.39. The Morgan fingerprint density at radius 2 is 1.38 bits per heavy atom. The minimum Gasteiger partial charge on any atom is -0.507 e. The molecule has 0 spiro atoms. The van der Waals surface area contributed by atoms with Crippen molar-refractivity contribution >= 4 is 11.6 Å². The number of aryl methyl sites for hydroxylation is 1. The summed E-state index contributed by atoms with van der Waals surface area (Å²) in [6.07, 6.45) is 0.343. The fourth-order valence-corrected chi connectivity index (χ4v) is 3.37. The number of phenols is 2. The number of hydrogen-bond donors (Lipinski definition) is 2. The average Bonchev–Trinajstić information content (AvgIpc) is 2.64. The molecule has 1 aliphatic carbocycles. The van der Waals surface area contributed by atoms with E-state index in [2.05, 4.69) is 0 Å². The molecule has 0 aliphatic heterocycles. The zero-order valence-electron chi connectivity index (χ0n) is 14.1. The van der Waals surface area contributed by atoms with Crippen molar-refractivity contribution in [1.82, 2.24) is 0 Å². The van der Waals surface area contributed by atoms with Crippen molar-refractivity contribution in [3.63, 3.8) is 0 Å². The van der Waals surface area contributed by atoms with Crippen LogP contribution in [0, 0.1) is 6.92 Å². The second-order valence-corrected chi connectivity index (χ2v) is 6.52. The van der Waals surface area contributed by atoms with Crippen LogP contribution in [0.4, 0.5) is 0 Å². The zero-order chi connectivity index (χ0) is 18.4. The van der Waals surface area contributed by atoms with Gasteiger partial charge in [0.05, 0.1) is 11.1 Å². The highest BCUT2D eigenvalue weighted by Gasteiger charge is 2.35. The van der Waals surface area contributed by atoms with Gasteiger partial charge in [0, 0.05) is 23.1 Å². The Kier molecular flexibility index (Phi) is 3.62. The van der Waals surface area contributed by atoms with Gasteiger partial charge in [-0.1, -0.05) is 54.1 Å². The van der Waals surface area contributed by atoms with E-state index in [9.17, 15) is 19.8 Å². The molecule has 0 radical (unpaired) electrons. The van der Waals surface area contributed by atoms with Gasteiger partial charge in [-0.2, -0.15) is 0 Å². The summed E-state index contributed by atoms with van der Waals surface area (Å²) in [6.45, 7) is 1.98. The molecule has 4 nitrogen and oxygen atoms in total. The van der Waals surface area contributed by atoms with Crippen LogP contribution in [-0.2, 0) is 6.42 Å². The number of aromatic hydroxyl groups is 2. The van der Waals surface area contributed by atoms with Gasteiger partial charge in [0.2, 0.25) is 0 Å². The van der Waals surface area contributed by atoms with E-state index in [0.29, 0.717) is 12.0 Å². The predicted octanol–water partition coefficient (Wildman–Crippen LogP) is 3.77. The summed E-state index contributed by atoms with van der Waals surface area (Å²) in [5, 5.41) is 21.1. The molecule has 0 fully saturated rings. The minimum absolute atomic E-state index is 0.115. The lowest BCUT2D eigenvalue weighted by atomic mass is 9.81. The van der Waals surface area contributed by atoms with Crippen LogP contribution in [-0.4, -0.2) is 21.8 Å². The molecule has 0 saturated heterocycles. The van der Waals surface area contributed by atoms with Crippen molar-refractivity contribution in [3.05, 3.63) is 93.5 Å². The van der Waals surface area contributed by atoms with Crippen molar-refractivity contribution in [1.29, 1.82) is 0 Å². The number of hydrogen-bond acceptors (Lipinski definition) is 4. The Hall–Kier alpha value is -3.40. The number of ketones is 2. The summed E-state index contributed by atoms with van der Waals surface area (Å²) in [7, 11) is 0. The number of carbonyl (C=O) groups is 2. The Balaban J connectivity index is 1.87. The monoisotopic (exact) mass is 344 g/mol. The molecule has 3 aromatic rings. The fourth-order valence-electron chi connectivity index (χ4n) is 3.37. The normalized spacial score (nSPS) is 12.7. The average molecular weight is 344 g/mol. The molecule has 0 saturated carbocycles. The van der Waals surface area contributed by atoms with Crippen molar-refractivity contribution in [2.24, 2.45) is 0 Å². The maximum Gasteiger partial charge on any atom is 0.198 e. The van der Waals surface area contributed by atoms with E-state index in [-0.39, 0.29) is 33.8 Å². The first-order valence-electron chi connectivity index (χ1n) is 8.29. The number of carbonyl (C=O) groups excluding carboxylic acids is 2. The van der Waals surface area contributed by atoms with Gasteiger partial charge in [-0.05, 0) is 18.6 Å². The molecule has 4 heteroatoms. The van der Waals surface area contributed by atoms with E-state index < -0.39 is 11.6 Å². The lowest BCUT2D eigenvalue weighted by Gasteiger charge is -2.21. The van der Waals surface area contributed by atoms with E-state index in [1.165, 1.54) is 6.07 Å². The van der Waals surface area contributed by atoms with Gasteiger partial charge < -0.3 is 10.2 Å². The lowest BCUT2D eigenvalue weighted by molar-refractivity contribution is 0.0974. The third-order valence-electron chi connectivity index (χ3n) is 4.74. The summed E-state index contributed by atoms with van der Waals surface area (Å²) >= 11 is 0. The SMILES string of the molecule is Cc1ccc(Cc2cc(O)c3c(c2O)C(=O)c2ccccc2C3=O)cc1. The Labute approximate surface area is 150 Å². The molecule has 2 N–H and O–H groups in total. The van der Waals surface area contributed by atoms with E-state index in [0.717, 1.165) is 11.1 Å². The Bertz CT molecular complexity index is 1060. The number of rotatable bonds is 2. The zero-order valence-corrected chi connectivity index (χ0v) is 14.1. The van der Waals surface area contributed by atoms with Crippen molar-refractivity contribution in [2.75, 3.05) is 0 Å². The van der Waals surface area contributed by atoms with Gasteiger partial charge in [-0.3, -0.25) is 9.59 Å². The first-order chi connectivity index (χ1) is 12.5. The molecular weight excluding hydrogens is 328 g/mol.